The van der Waals surface area contributed by atoms with Gasteiger partial charge in [-0.3, -0.25) is 9.36 Å². The number of alkyl halides is 1. The summed E-state index contributed by atoms with van der Waals surface area (Å²) in [6.07, 6.45) is 11.2. The van der Waals surface area contributed by atoms with Gasteiger partial charge >= 0.3 is 0 Å². The fraction of sp³-hybridized carbons (Fsp3) is 0.278. The first kappa shape index (κ1) is 15.9. The molecule has 1 aliphatic rings. The van der Waals surface area contributed by atoms with Crippen molar-refractivity contribution in [2.45, 2.75) is 25.4 Å². The van der Waals surface area contributed by atoms with E-state index in [2.05, 4.69) is 27.0 Å². The molecule has 0 aromatic carbocycles. The highest BCUT2D eigenvalue weighted by Gasteiger charge is 2.24. The van der Waals surface area contributed by atoms with Crippen LogP contribution in [0.4, 0.5) is 4.39 Å². The summed E-state index contributed by atoms with van der Waals surface area (Å²) in [5, 5.41) is 8.90. The zero-order valence-corrected chi connectivity index (χ0v) is 14.1. The van der Waals surface area contributed by atoms with Crippen molar-refractivity contribution in [3.05, 3.63) is 53.3 Å². The van der Waals surface area contributed by atoms with Gasteiger partial charge in [0, 0.05) is 29.7 Å². The lowest BCUT2D eigenvalue weighted by atomic mass is 10.1. The summed E-state index contributed by atoms with van der Waals surface area (Å²) < 4.78 is 15.9. The monoisotopic (exact) mass is 355 g/mol. The maximum absolute atomic E-state index is 12.4. The van der Waals surface area contributed by atoms with Crippen molar-refractivity contribution in [1.29, 1.82) is 0 Å². The van der Waals surface area contributed by atoms with Crippen LogP contribution in [0.3, 0.4) is 0 Å². The number of aryl methyl sites for hydroxylation is 1. The van der Waals surface area contributed by atoms with Gasteiger partial charge in [0.1, 0.15) is 11.8 Å². The van der Waals surface area contributed by atoms with Crippen LogP contribution in [0.25, 0.3) is 11.1 Å². The Bertz CT molecular complexity index is 961. The van der Waals surface area contributed by atoms with Crippen LogP contribution < -0.4 is 0 Å². The summed E-state index contributed by atoms with van der Waals surface area (Å²) in [5.41, 5.74) is 3.35. The lowest BCUT2D eigenvalue weighted by molar-refractivity contribution is 0.427. The van der Waals surface area contributed by atoms with E-state index in [1.54, 1.807) is 24.7 Å². The predicted molar refractivity (Wildman–Crippen MR) is 92.9 cm³/mol. The molecule has 3 aromatic rings. The lowest BCUT2D eigenvalue weighted by Crippen LogP contribution is -1.98. The van der Waals surface area contributed by atoms with Gasteiger partial charge < -0.3 is 0 Å². The van der Waals surface area contributed by atoms with Crippen LogP contribution in [-0.4, -0.2) is 31.2 Å². The Morgan fingerprint density at radius 2 is 2.04 bits per heavy atom. The number of hydrogen-bond acceptors (Lipinski definition) is 3. The highest BCUT2D eigenvalue weighted by molar-refractivity contribution is 6.29. The molecule has 3 heterocycles. The molecule has 126 valence electrons. The summed E-state index contributed by atoms with van der Waals surface area (Å²) >= 11 is 6.07. The average molecular weight is 356 g/mol. The number of pyridine rings is 1. The van der Waals surface area contributed by atoms with Crippen LogP contribution in [-0.2, 0) is 6.54 Å². The molecule has 0 N–H and O–H groups in total. The summed E-state index contributed by atoms with van der Waals surface area (Å²) in [6, 6.07) is 2.31. The van der Waals surface area contributed by atoms with Gasteiger partial charge in [-0.25, -0.2) is 9.37 Å². The molecule has 7 heteroatoms. The Balaban J connectivity index is 1.66. The molecular weight excluding hydrogens is 341 g/mol. The van der Waals surface area contributed by atoms with Gasteiger partial charge in [-0.05, 0) is 18.9 Å². The van der Waals surface area contributed by atoms with Crippen LogP contribution in [0.2, 0.25) is 5.15 Å². The lowest BCUT2D eigenvalue weighted by Gasteiger charge is -2.02. The largest absolute Gasteiger partial charge is 0.269 e. The molecule has 0 unspecified atom stereocenters. The molecule has 0 radical (unpaired) electrons. The van der Waals surface area contributed by atoms with Gasteiger partial charge in [0.05, 0.1) is 36.1 Å². The normalized spacial score (nSPS) is 13.5. The van der Waals surface area contributed by atoms with E-state index in [1.807, 2.05) is 17.1 Å². The Kier molecular flexibility index (Phi) is 4.24. The third-order valence-corrected chi connectivity index (χ3v) is 4.20. The minimum atomic E-state index is -0.454. The van der Waals surface area contributed by atoms with Crippen molar-refractivity contribution in [3.63, 3.8) is 0 Å². The Labute approximate surface area is 149 Å². The molecule has 0 atom stereocenters. The van der Waals surface area contributed by atoms with Crippen LogP contribution >= 0.6 is 11.6 Å². The minimum absolute atomic E-state index is 0.232. The van der Waals surface area contributed by atoms with E-state index in [4.69, 9.17) is 11.6 Å². The van der Waals surface area contributed by atoms with Gasteiger partial charge in [-0.2, -0.15) is 10.2 Å². The molecule has 3 aromatic heterocycles. The highest BCUT2D eigenvalue weighted by Crippen LogP contribution is 2.35. The van der Waals surface area contributed by atoms with Crippen molar-refractivity contribution in [3.8, 4) is 23.0 Å². The second-order valence-corrected chi connectivity index (χ2v) is 6.31. The molecule has 1 aliphatic carbocycles. The molecule has 1 fully saturated rings. The van der Waals surface area contributed by atoms with Crippen LogP contribution in [0.1, 0.15) is 30.0 Å². The topological polar surface area (TPSA) is 48.5 Å². The summed E-state index contributed by atoms with van der Waals surface area (Å²) in [5.74, 6) is 6.15. The number of hydrogen-bond donors (Lipinski definition) is 0. The highest BCUT2D eigenvalue weighted by atomic mass is 35.5. The first-order valence-electron chi connectivity index (χ1n) is 8.03. The summed E-state index contributed by atoms with van der Waals surface area (Å²) in [7, 11) is 0. The van der Waals surface area contributed by atoms with E-state index in [-0.39, 0.29) is 6.54 Å². The second-order valence-electron chi connectivity index (χ2n) is 5.92. The van der Waals surface area contributed by atoms with Crippen molar-refractivity contribution in [2.75, 3.05) is 6.67 Å². The molecule has 4 rings (SSSR count). The standard InChI is InChI=1S/C18H15ClFN5/c19-18-7-17(15-10-23-25(12-15)16-3-4-16)14(9-21-18)2-1-13-8-22-24(11-13)6-5-20/h7-12,16H,3-6H2. The third-order valence-electron chi connectivity index (χ3n) is 3.99. The van der Waals surface area contributed by atoms with Gasteiger partial charge in [-0.15, -0.1) is 0 Å². The van der Waals surface area contributed by atoms with Crippen molar-refractivity contribution in [1.82, 2.24) is 24.5 Å². The molecular formula is C18H15ClFN5. The van der Waals surface area contributed by atoms with Crippen LogP contribution in [0.5, 0.6) is 0 Å². The number of halogens is 2. The van der Waals surface area contributed by atoms with E-state index in [0.717, 1.165) is 22.3 Å². The first-order chi connectivity index (χ1) is 12.2. The zero-order chi connectivity index (χ0) is 17.2. The molecule has 5 nitrogen and oxygen atoms in total. The summed E-state index contributed by atoms with van der Waals surface area (Å²) in [6.45, 7) is -0.222. The maximum atomic E-state index is 12.4. The Morgan fingerprint density at radius 3 is 2.84 bits per heavy atom. The molecule has 0 spiro atoms. The quantitative estimate of drug-likeness (QED) is 0.531. The van der Waals surface area contributed by atoms with E-state index in [1.165, 1.54) is 17.5 Å². The molecule has 25 heavy (non-hydrogen) atoms. The summed E-state index contributed by atoms with van der Waals surface area (Å²) in [4.78, 5) is 4.13. The average Bonchev–Trinajstić information content (AvgIpc) is 3.17. The predicted octanol–water partition coefficient (Wildman–Crippen LogP) is 3.50. The number of nitrogens with zero attached hydrogens (tertiary/aromatic N) is 5. The molecule has 0 amide bonds. The smallest absolute Gasteiger partial charge is 0.129 e. The van der Waals surface area contributed by atoms with Gasteiger partial charge in [0.2, 0.25) is 0 Å². The maximum Gasteiger partial charge on any atom is 0.129 e. The van der Waals surface area contributed by atoms with E-state index in [9.17, 15) is 4.39 Å². The van der Waals surface area contributed by atoms with Crippen LogP contribution in [0, 0.1) is 11.8 Å². The third kappa shape index (κ3) is 3.57. The fourth-order valence-corrected chi connectivity index (χ4v) is 2.72. The molecule has 0 bridgehead atoms. The Hall–Kier alpha value is -2.65. The number of rotatable bonds is 4. The first-order valence-corrected chi connectivity index (χ1v) is 8.41. The van der Waals surface area contributed by atoms with Crippen molar-refractivity contribution < 1.29 is 4.39 Å². The van der Waals surface area contributed by atoms with Gasteiger partial charge in [0.15, 0.2) is 0 Å². The fourth-order valence-electron chi connectivity index (χ4n) is 2.56. The van der Waals surface area contributed by atoms with Crippen molar-refractivity contribution in [2.24, 2.45) is 0 Å². The minimum Gasteiger partial charge on any atom is -0.269 e. The molecule has 0 aliphatic heterocycles. The molecule has 0 saturated heterocycles. The van der Waals surface area contributed by atoms with Crippen molar-refractivity contribution >= 4 is 11.6 Å². The Morgan fingerprint density at radius 1 is 1.16 bits per heavy atom. The van der Waals surface area contributed by atoms with Gasteiger partial charge in [-0.1, -0.05) is 23.4 Å². The number of aromatic nitrogens is 5. The second kappa shape index (κ2) is 6.69. The van der Waals surface area contributed by atoms with Gasteiger partial charge in [0.25, 0.3) is 0 Å². The molecule has 1 saturated carbocycles. The SMILES string of the molecule is FCCn1cc(C#Cc2cnc(Cl)cc2-c2cnn(C3CC3)c2)cn1. The van der Waals surface area contributed by atoms with Crippen LogP contribution in [0.15, 0.2) is 37.1 Å². The van der Waals surface area contributed by atoms with E-state index in [0.29, 0.717) is 11.2 Å². The van der Waals surface area contributed by atoms with E-state index < -0.39 is 6.67 Å². The zero-order valence-electron chi connectivity index (χ0n) is 13.4. The van der Waals surface area contributed by atoms with E-state index >= 15 is 0 Å².